The lowest BCUT2D eigenvalue weighted by Crippen LogP contribution is -1.95. The highest BCUT2D eigenvalue weighted by Crippen LogP contribution is 2.21. The van der Waals surface area contributed by atoms with Crippen LogP contribution in [0.2, 0.25) is 0 Å². The first-order valence-corrected chi connectivity index (χ1v) is 3.68. The molecule has 0 unspecified atom stereocenters. The van der Waals surface area contributed by atoms with E-state index in [-0.39, 0.29) is 5.63 Å². The Hall–Kier alpha value is -1.77. The molecule has 0 aliphatic heterocycles. The van der Waals surface area contributed by atoms with Crippen LogP contribution in [0.15, 0.2) is 33.5 Å². The molecule has 3 heteroatoms. The second kappa shape index (κ2) is 1.69. The highest BCUT2D eigenvalue weighted by Gasteiger charge is 2.06. The Morgan fingerprint density at radius 3 is 3.08 bits per heavy atom. The molecule has 12 heavy (non-hydrogen) atoms. The van der Waals surface area contributed by atoms with Gasteiger partial charge in [-0.15, -0.1) is 0 Å². The molecule has 0 aliphatic rings. The molecule has 0 atom stereocenters. The van der Waals surface area contributed by atoms with Gasteiger partial charge < -0.3 is 9.40 Å². The van der Waals surface area contributed by atoms with Crippen molar-refractivity contribution in [1.82, 2.24) is 4.98 Å². The van der Waals surface area contributed by atoms with Crippen LogP contribution < -0.4 is 5.63 Å². The number of fused-ring (bicyclic) bond motifs is 1. The smallest absolute Gasteiger partial charge is 0.360 e. The first-order valence-electron chi connectivity index (χ1n) is 3.68. The predicted molar refractivity (Wildman–Crippen MR) is 45.5 cm³/mol. The van der Waals surface area contributed by atoms with Crippen LogP contribution in [0.4, 0.5) is 0 Å². The van der Waals surface area contributed by atoms with Gasteiger partial charge in [0.15, 0.2) is 0 Å². The number of rotatable bonds is 0. The lowest BCUT2D eigenvalue weighted by atomic mass is 10.2. The van der Waals surface area contributed by atoms with Gasteiger partial charge in [0, 0.05) is 10.9 Å². The van der Waals surface area contributed by atoms with Gasteiger partial charge in [0.25, 0.3) is 0 Å². The fraction of sp³-hybridized carbons (Fsp3) is 0. The van der Waals surface area contributed by atoms with Crippen LogP contribution in [-0.4, -0.2) is 4.98 Å². The molecule has 58 valence electrons. The van der Waals surface area contributed by atoms with Gasteiger partial charge in [0.2, 0.25) is 0 Å². The Morgan fingerprint density at radius 2 is 2.17 bits per heavy atom. The molecule has 2 aromatic heterocycles. The quantitative estimate of drug-likeness (QED) is 0.507. The average molecular weight is 159 g/mol. The highest BCUT2D eigenvalue weighted by molar-refractivity contribution is 5.97. The third-order valence-corrected chi connectivity index (χ3v) is 2.05. The fourth-order valence-corrected chi connectivity index (χ4v) is 1.48. The molecule has 3 nitrogen and oxygen atoms in total. The van der Waals surface area contributed by atoms with Gasteiger partial charge in [-0.1, -0.05) is 6.07 Å². The summed E-state index contributed by atoms with van der Waals surface area (Å²) in [6.07, 6.45) is 0. The summed E-state index contributed by atoms with van der Waals surface area (Å²) < 4.78 is 5.03. The maximum absolute atomic E-state index is 11.1. The van der Waals surface area contributed by atoms with E-state index in [1.54, 1.807) is 6.07 Å². The number of nitrogens with one attached hydrogen (secondary N) is 1. The standard InChI is InChI=1S/C9H5NO2/c11-9-7-4-5-6(10-7)2-1-3-8(5)12-9/h1-4,10H. The largest absolute Gasteiger partial charge is 0.421 e. The number of aromatic amines is 1. The lowest BCUT2D eigenvalue weighted by molar-refractivity contribution is 0.568. The molecular formula is C9H5NO2. The highest BCUT2D eigenvalue weighted by atomic mass is 16.4. The third kappa shape index (κ3) is 0.540. The van der Waals surface area contributed by atoms with Gasteiger partial charge in [0.05, 0.1) is 0 Å². The molecule has 0 radical (unpaired) electrons. The summed E-state index contributed by atoms with van der Waals surface area (Å²) in [5.41, 5.74) is 1.83. The van der Waals surface area contributed by atoms with E-state index in [0.717, 1.165) is 10.9 Å². The van der Waals surface area contributed by atoms with Crippen molar-refractivity contribution in [3.63, 3.8) is 0 Å². The number of aromatic nitrogens is 1. The Morgan fingerprint density at radius 1 is 1.25 bits per heavy atom. The van der Waals surface area contributed by atoms with E-state index >= 15 is 0 Å². The maximum atomic E-state index is 11.1. The van der Waals surface area contributed by atoms with Crippen LogP contribution in [0.5, 0.6) is 0 Å². The zero-order valence-corrected chi connectivity index (χ0v) is 6.13. The molecule has 0 amide bonds. The van der Waals surface area contributed by atoms with Crippen molar-refractivity contribution in [1.29, 1.82) is 0 Å². The van der Waals surface area contributed by atoms with Crippen molar-refractivity contribution < 1.29 is 4.42 Å². The van der Waals surface area contributed by atoms with Crippen molar-refractivity contribution in [2.45, 2.75) is 0 Å². The molecule has 1 N–H and O–H groups in total. The van der Waals surface area contributed by atoms with Crippen LogP contribution in [0.3, 0.4) is 0 Å². The van der Waals surface area contributed by atoms with Gasteiger partial charge in [-0.25, -0.2) is 4.79 Å². The van der Waals surface area contributed by atoms with E-state index in [4.69, 9.17) is 4.42 Å². The topological polar surface area (TPSA) is 46.0 Å². The first-order chi connectivity index (χ1) is 5.84. The van der Waals surface area contributed by atoms with E-state index in [0.29, 0.717) is 11.1 Å². The van der Waals surface area contributed by atoms with Gasteiger partial charge >= 0.3 is 5.63 Å². The van der Waals surface area contributed by atoms with Crippen LogP contribution in [0, 0.1) is 0 Å². The van der Waals surface area contributed by atoms with Crippen LogP contribution in [0.25, 0.3) is 22.0 Å². The van der Waals surface area contributed by atoms with Crippen LogP contribution in [-0.2, 0) is 0 Å². The van der Waals surface area contributed by atoms with Crippen molar-refractivity contribution >= 4 is 22.0 Å². The summed E-state index contributed by atoms with van der Waals surface area (Å²) in [4.78, 5) is 14.1. The molecular weight excluding hydrogens is 154 g/mol. The van der Waals surface area contributed by atoms with E-state index in [9.17, 15) is 4.79 Å². The van der Waals surface area contributed by atoms with Crippen molar-refractivity contribution in [2.75, 3.05) is 0 Å². The Balaban J connectivity index is 2.86. The summed E-state index contributed by atoms with van der Waals surface area (Å²) in [6, 6.07) is 7.38. The SMILES string of the molecule is O=c1oc2cccc3[nH]c1cc32. The number of benzene rings is 1. The first kappa shape index (κ1) is 5.83. The molecule has 0 saturated carbocycles. The normalized spacial score (nSPS) is 11.7. The summed E-state index contributed by atoms with van der Waals surface area (Å²) in [5, 5.41) is 0.979. The van der Waals surface area contributed by atoms with E-state index in [1.807, 2.05) is 18.2 Å². The number of hydrogen-bond donors (Lipinski definition) is 1. The Labute approximate surface area is 66.9 Å². The molecule has 0 saturated heterocycles. The van der Waals surface area contributed by atoms with E-state index < -0.39 is 0 Å². The predicted octanol–water partition coefficient (Wildman–Crippen LogP) is 1.71. The number of hydrogen-bond acceptors (Lipinski definition) is 2. The molecule has 3 aromatic rings. The molecule has 3 rings (SSSR count). The van der Waals surface area contributed by atoms with Gasteiger partial charge in [-0.2, -0.15) is 0 Å². The zero-order valence-electron chi connectivity index (χ0n) is 6.13. The summed E-state index contributed by atoms with van der Waals surface area (Å²) in [5.74, 6) is 0. The molecule has 0 aliphatic carbocycles. The van der Waals surface area contributed by atoms with Crippen LogP contribution in [0.1, 0.15) is 0 Å². The number of H-pyrrole nitrogens is 1. The molecule has 0 spiro atoms. The summed E-state index contributed by atoms with van der Waals surface area (Å²) in [6.45, 7) is 0. The average Bonchev–Trinajstić information content (AvgIpc) is 2.46. The minimum Gasteiger partial charge on any atom is -0.421 e. The van der Waals surface area contributed by atoms with Gasteiger partial charge in [-0.05, 0) is 18.2 Å². The lowest BCUT2D eigenvalue weighted by Gasteiger charge is -1.89. The van der Waals surface area contributed by atoms with E-state index in [1.165, 1.54) is 0 Å². The third-order valence-electron chi connectivity index (χ3n) is 2.05. The zero-order chi connectivity index (χ0) is 8.13. The molecule has 2 heterocycles. The molecule has 1 aromatic carbocycles. The van der Waals surface area contributed by atoms with Gasteiger partial charge in [-0.3, -0.25) is 0 Å². The van der Waals surface area contributed by atoms with Crippen LogP contribution >= 0.6 is 0 Å². The molecule has 2 bridgehead atoms. The van der Waals surface area contributed by atoms with Crippen molar-refractivity contribution in [3.05, 3.63) is 34.7 Å². The van der Waals surface area contributed by atoms with E-state index in [2.05, 4.69) is 4.98 Å². The van der Waals surface area contributed by atoms with Crippen molar-refractivity contribution in [3.8, 4) is 0 Å². The Bertz CT molecular complexity index is 585. The summed E-state index contributed by atoms with van der Waals surface area (Å²) in [7, 11) is 0. The summed E-state index contributed by atoms with van der Waals surface area (Å²) >= 11 is 0. The van der Waals surface area contributed by atoms with Gasteiger partial charge in [0.1, 0.15) is 11.1 Å². The van der Waals surface area contributed by atoms with Crippen molar-refractivity contribution in [2.24, 2.45) is 0 Å². The second-order valence-electron chi connectivity index (χ2n) is 2.79. The monoisotopic (exact) mass is 159 g/mol. The maximum Gasteiger partial charge on any atom is 0.360 e. The minimum absolute atomic E-state index is 0.302. The second-order valence-corrected chi connectivity index (χ2v) is 2.79. The molecule has 0 fully saturated rings. The Kier molecular flexibility index (Phi) is 0.821. The minimum atomic E-state index is -0.302. The fourth-order valence-electron chi connectivity index (χ4n) is 1.48.